The van der Waals surface area contributed by atoms with Gasteiger partial charge in [-0.2, -0.15) is 0 Å². The normalized spacial score (nSPS) is 14.7. The van der Waals surface area contributed by atoms with E-state index in [1.807, 2.05) is 0 Å². The van der Waals surface area contributed by atoms with Crippen LogP contribution in [0.2, 0.25) is 0 Å². The van der Waals surface area contributed by atoms with Gasteiger partial charge in [0.05, 0.1) is 5.70 Å². The van der Waals surface area contributed by atoms with Crippen LogP contribution in [0.3, 0.4) is 0 Å². The molecule has 0 bridgehead atoms. The van der Waals surface area contributed by atoms with Crippen LogP contribution in [0.4, 0.5) is 14.5 Å². The predicted molar refractivity (Wildman–Crippen MR) is 76.6 cm³/mol. The molecule has 1 N–H and O–H groups in total. The number of benzene rings is 1. The second kappa shape index (κ2) is 5.36. The highest BCUT2D eigenvalue weighted by atomic mass is 19.2. The quantitative estimate of drug-likeness (QED) is 0.915. The molecule has 0 aliphatic carbocycles. The minimum atomic E-state index is -0.921. The molecule has 2 aromatic rings. The number of pyridine rings is 1. The average molecular weight is 286 g/mol. The molecule has 0 unspecified atom stereocenters. The predicted octanol–water partition coefficient (Wildman–Crippen LogP) is 3.66. The highest BCUT2D eigenvalue weighted by Crippen LogP contribution is 2.31. The number of hydrogen-bond acceptors (Lipinski definition) is 3. The zero-order valence-corrected chi connectivity index (χ0v) is 11.0. The summed E-state index contributed by atoms with van der Waals surface area (Å²) >= 11 is 0. The van der Waals surface area contributed by atoms with Crippen LogP contribution in [0.1, 0.15) is 5.56 Å². The number of rotatable bonds is 2. The number of hydrogen-bond donors (Lipinski definition) is 1. The Bertz CT molecular complexity index is 726. The first kappa shape index (κ1) is 13.3. The highest BCUT2D eigenvalue weighted by molar-refractivity contribution is 5.83. The fraction of sp³-hybridized carbons (Fsp3) is 0.0625. The van der Waals surface area contributed by atoms with E-state index in [0.717, 1.165) is 17.7 Å². The Balaban J connectivity index is 2.09. The summed E-state index contributed by atoms with van der Waals surface area (Å²) in [5, 5.41) is 10.1. The fourth-order valence-corrected chi connectivity index (χ4v) is 2.28. The van der Waals surface area contributed by atoms with Gasteiger partial charge in [0.2, 0.25) is 0 Å². The van der Waals surface area contributed by atoms with E-state index in [9.17, 15) is 13.9 Å². The summed E-state index contributed by atoms with van der Waals surface area (Å²) in [5.41, 5.74) is 1.75. The third-order valence-corrected chi connectivity index (χ3v) is 3.24. The van der Waals surface area contributed by atoms with Gasteiger partial charge in [-0.1, -0.05) is 6.08 Å². The van der Waals surface area contributed by atoms with Gasteiger partial charge < -0.3 is 10.0 Å². The monoisotopic (exact) mass is 286 g/mol. The number of aliphatic hydroxyl groups is 1. The summed E-state index contributed by atoms with van der Waals surface area (Å²) in [6.07, 6.45) is 6.56. The molecule has 5 heteroatoms. The van der Waals surface area contributed by atoms with Crippen LogP contribution in [0.5, 0.6) is 0 Å². The molecule has 1 aliphatic heterocycles. The number of nitrogens with zero attached hydrogens (tertiary/aromatic N) is 2. The van der Waals surface area contributed by atoms with Crippen molar-refractivity contribution in [2.45, 2.75) is 0 Å². The van der Waals surface area contributed by atoms with Crippen molar-refractivity contribution in [2.24, 2.45) is 0 Å². The maximum atomic E-state index is 13.5. The molecule has 0 fully saturated rings. The molecular formula is C16H12F2N2O. The Morgan fingerprint density at radius 2 is 1.81 bits per heavy atom. The lowest BCUT2D eigenvalue weighted by Gasteiger charge is -2.29. The second-order valence-corrected chi connectivity index (χ2v) is 4.58. The molecule has 0 atom stereocenters. The van der Waals surface area contributed by atoms with Crippen molar-refractivity contribution in [1.29, 1.82) is 0 Å². The van der Waals surface area contributed by atoms with Crippen molar-refractivity contribution in [2.75, 3.05) is 11.4 Å². The summed E-state index contributed by atoms with van der Waals surface area (Å²) in [6.45, 7) is 0.451. The second-order valence-electron chi connectivity index (χ2n) is 4.58. The van der Waals surface area contributed by atoms with E-state index in [0.29, 0.717) is 17.9 Å². The lowest BCUT2D eigenvalue weighted by molar-refractivity contribution is 0.431. The first-order chi connectivity index (χ1) is 10.2. The van der Waals surface area contributed by atoms with E-state index >= 15 is 0 Å². The lowest BCUT2D eigenvalue weighted by atomic mass is 10.1. The average Bonchev–Trinajstić information content (AvgIpc) is 2.50. The van der Waals surface area contributed by atoms with Crippen molar-refractivity contribution >= 4 is 11.4 Å². The SMILES string of the molecule is OC1=C(c2ccncc2)N(c2ccc(F)c(F)c2)CC=C1. The summed E-state index contributed by atoms with van der Waals surface area (Å²) < 4.78 is 26.5. The molecular weight excluding hydrogens is 274 g/mol. The Labute approximate surface area is 120 Å². The van der Waals surface area contributed by atoms with Gasteiger partial charge in [0.15, 0.2) is 11.6 Å². The third kappa shape index (κ3) is 2.50. The summed E-state index contributed by atoms with van der Waals surface area (Å²) in [7, 11) is 0. The van der Waals surface area contributed by atoms with Crippen LogP contribution in [0.25, 0.3) is 5.70 Å². The van der Waals surface area contributed by atoms with E-state index < -0.39 is 11.6 Å². The minimum absolute atomic E-state index is 0.0668. The van der Waals surface area contributed by atoms with Gasteiger partial charge in [0.25, 0.3) is 0 Å². The molecule has 1 aromatic heterocycles. The van der Waals surface area contributed by atoms with E-state index in [-0.39, 0.29) is 5.76 Å². The first-order valence-corrected chi connectivity index (χ1v) is 6.39. The molecule has 106 valence electrons. The maximum Gasteiger partial charge on any atom is 0.160 e. The van der Waals surface area contributed by atoms with Gasteiger partial charge >= 0.3 is 0 Å². The molecule has 0 spiro atoms. The summed E-state index contributed by atoms with van der Waals surface area (Å²) in [5.74, 6) is -1.75. The molecule has 3 rings (SSSR count). The van der Waals surface area contributed by atoms with Crippen LogP contribution >= 0.6 is 0 Å². The van der Waals surface area contributed by atoms with E-state index in [4.69, 9.17) is 0 Å². The molecule has 1 aromatic carbocycles. The molecule has 1 aliphatic rings. The number of aromatic nitrogens is 1. The topological polar surface area (TPSA) is 36.4 Å². The molecule has 3 nitrogen and oxygen atoms in total. The van der Waals surface area contributed by atoms with Crippen molar-refractivity contribution in [3.05, 3.63) is 77.8 Å². The maximum absolute atomic E-state index is 13.5. The minimum Gasteiger partial charge on any atom is -0.506 e. The Hall–Kier alpha value is -2.69. The van der Waals surface area contributed by atoms with E-state index in [1.54, 1.807) is 41.6 Å². The number of halogens is 2. The number of anilines is 1. The third-order valence-electron chi connectivity index (χ3n) is 3.24. The molecule has 2 heterocycles. The molecule has 0 saturated carbocycles. The summed E-state index contributed by atoms with van der Waals surface area (Å²) in [6, 6.07) is 7.16. The van der Waals surface area contributed by atoms with Crippen molar-refractivity contribution in [3.8, 4) is 0 Å². The first-order valence-electron chi connectivity index (χ1n) is 6.39. The van der Waals surface area contributed by atoms with Crippen LogP contribution < -0.4 is 4.90 Å². The molecule has 0 radical (unpaired) electrons. The van der Waals surface area contributed by atoms with Crippen LogP contribution in [0, 0.1) is 11.6 Å². The Morgan fingerprint density at radius 1 is 1.05 bits per heavy atom. The molecule has 0 saturated heterocycles. The number of allylic oxidation sites excluding steroid dienone is 1. The standard InChI is InChI=1S/C16H12F2N2O/c17-13-4-3-12(10-14(13)18)20-9-1-2-15(21)16(20)11-5-7-19-8-6-11/h1-8,10,21H,9H2. The van der Waals surface area contributed by atoms with Crippen LogP contribution in [0.15, 0.2) is 60.6 Å². The van der Waals surface area contributed by atoms with Gasteiger partial charge in [-0.25, -0.2) is 8.78 Å². The zero-order valence-electron chi connectivity index (χ0n) is 11.0. The van der Waals surface area contributed by atoms with Gasteiger partial charge in [-0.05, 0) is 30.3 Å². The van der Waals surface area contributed by atoms with Crippen molar-refractivity contribution in [1.82, 2.24) is 4.98 Å². The lowest BCUT2D eigenvalue weighted by Crippen LogP contribution is -2.25. The Kier molecular flexibility index (Phi) is 3.39. The van der Waals surface area contributed by atoms with Gasteiger partial charge in [-0.3, -0.25) is 4.98 Å². The number of aliphatic hydroxyl groups excluding tert-OH is 1. The highest BCUT2D eigenvalue weighted by Gasteiger charge is 2.20. The van der Waals surface area contributed by atoms with Crippen molar-refractivity contribution < 1.29 is 13.9 Å². The van der Waals surface area contributed by atoms with E-state index in [2.05, 4.69) is 4.98 Å². The molecule has 21 heavy (non-hydrogen) atoms. The smallest absolute Gasteiger partial charge is 0.160 e. The van der Waals surface area contributed by atoms with Gasteiger partial charge in [0.1, 0.15) is 5.76 Å². The van der Waals surface area contributed by atoms with Crippen molar-refractivity contribution in [3.63, 3.8) is 0 Å². The summed E-state index contributed by atoms with van der Waals surface area (Å²) in [4.78, 5) is 5.65. The largest absolute Gasteiger partial charge is 0.506 e. The zero-order chi connectivity index (χ0) is 14.8. The molecule has 0 amide bonds. The van der Waals surface area contributed by atoms with Crippen LogP contribution in [-0.2, 0) is 0 Å². The van der Waals surface area contributed by atoms with Gasteiger partial charge in [0, 0.05) is 36.3 Å². The van der Waals surface area contributed by atoms with E-state index in [1.165, 1.54) is 6.07 Å². The van der Waals surface area contributed by atoms with Crippen LogP contribution in [-0.4, -0.2) is 16.6 Å². The fourth-order valence-electron chi connectivity index (χ4n) is 2.28. The Morgan fingerprint density at radius 3 is 2.52 bits per heavy atom. The van der Waals surface area contributed by atoms with Gasteiger partial charge in [-0.15, -0.1) is 0 Å².